The number of sulfonamides is 1. The highest BCUT2D eigenvalue weighted by Crippen LogP contribution is 2.25. The number of anilines is 1. The van der Waals surface area contributed by atoms with E-state index in [1.165, 1.54) is 11.4 Å². The van der Waals surface area contributed by atoms with E-state index in [4.69, 9.17) is 23.2 Å². The van der Waals surface area contributed by atoms with Crippen LogP contribution in [0.25, 0.3) is 0 Å². The number of aryl methyl sites for hydroxylation is 1. The summed E-state index contributed by atoms with van der Waals surface area (Å²) in [7, 11) is -2.18. The van der Waals surface area contributed by atoms with Gasteiger partial charge in [0.15, 0.2) is 0 Å². The lowest BCUT2D eigenvalue weighted by atomic mass is 10.2. The number of thioether (sulfide) groups is 1. The van der Waals surface area contributed by atoms with Gasteiger partial charge in [0.05, 0.1) is 10.6 Å². The fraction of sp³-hybridized carbons (Fsp3) is 0.208. The molecule has 9 heteroatoms. The second-order valence-electron chi connectivity index (χ2n) is 7.38. The maximum atomic E-state index is 12.8. The van der Waals surface area contributed by atoms with Crippen LogP contribution in [0.2, 0.25) is 10.0 Å². The molecule has 0 spiro atoms. The van der Waals surface area contributed by atoms with Crippen LogP contribution in [0.15, 0.2) is 71.6 Å². The maximum absolute atomic E-state index is 12.8. The fourth-order valence-electron chi connectivity index (χ4n) is 2.99. The number of nitrogens with one attached hydrogen (secondary N) is 1. The molecule has 0 radical (unpaired) electrons. The van der Waals surface area contributed by atoms with E-state index in [0.717, 1.165) is 22.6 Å². The smallest absolute Gasteiger partial charge is 0.264 e. The number of benzene rings is 3. The highest BCUT2D eigenvalue weighted by atomic mass is 35.5. The van der Waals surface area contributed by atoms with Crippen LogP contribution in [0.4, 0.5) is 5.69 Å². The first-order valence-corrected chi connectivity index (χ1v) is 13.5. The first-order chi connectivity index (χ1) is 15.7. The first kappa shape index (κ1) is 25.4. The largest absolute Gasteiger partial charge is 0.351 e. The molecule has 1 N–H and O–H groups in total. The minimum Gasteiger partial charge on any atom is -0.351 e. The van der Waals surface area contributed by atoms with Gasteiger partial charge in [-0.05, 0) is 61.0 Å². The third-order valence-electron chi connectivity index (χ3n) is 4.98. The molecule has 33 heavy (non-hydrogen) atoms. The highest BCUT2D eigenvalue weighted by Gasteiger charge is 2.21. The molecule has 3 aromatic carbocycles. The summed E-state index contributed by atoms with van der Waals surface area (Å²) in [6, 6.07) is 18.6. The van der Waals surface area contributed by atoms with Gasteiger partial charge in [0, 0.05) is 40.7 Å². The Morgan fingerprint density at radius 1 is 1.00 bits per heavy atom. The Kier molecular flexibility index (Phi) is 8.70. The Hall–Kier alpha value is -2.19. The molecule has 0 unspecified atom stereocenters. The van der Waals surface area contributed by atoms with Gasteiger partial charge < -0.3 is 5.32 Å². The summed E-state index contributed by atoms with van der Waals surface area (Å²) in [5, 5.41) is 4.11. The monoisotopic (exact) mass is 522 g/mol. The van der Waals surface area contributed by atoms with E-state index >= 15 is 0 Å². The molecule has 0 atom stereocenters. The average Bonchev–Trinajstić information content (AvgIpc) is 2.80. The van der Waals surface area contributed by atoms with Crippen molar-refractivity contribution >= 4 is 56.6 Å². The second kappa shape index (κ2) is 11.3. The number of carbonyl (C=O) groups excluding carboxylic acids is 1. The Balaban J connectivity index is 1.51. The molecule has 0 aromatic heterocycles. The minimum absolute atomic E-state index is 0.212. The molecular formula is C24H24Cl2N2O3S2. The summed E-state index contributed by atoms with van der Waals surface area (Å²) >= 11 is 13.7. The molecule has 0 saturated carbocycles. The van der Waals surface area contributed by atoms with Crippen LogP contribution in [-0.4, -0.2) is 33.7 Å². The summed E-state index contributed by atoms with van der Waals surface area (Å²) in [4.78, 5) is 12.6. The van der Waals surface area contributed by atoms with E-state index in [-0.39, 0.29) is 10.8 Å². The fourth-order valence-corrected chi connectivity index (χ4v) is 5.60. The van der Waals surface area contributed by atoms with Crippen molar-refractivity contribution in [2.75, 3.05) is 23.7 Å². The highest BCUT2D eigenvalue weighted by molar-refractivity contribution is 7.98. The standard InChI is InChI=1S/C24H24Cl2N2O3S2/c1-17-3-11-22(12-4-17)33(30,31)28(2)21-9-6-18(7-10-21)24(29)27-13-14-32-16-19-5-8-20(25)15-23(19)26/h3-12,15H,13-14,16H2,1-2H3,(H,27,29). The normalized spacial score (nSPS) is 11.3. The van der Waals surface area contributed by atoms with E-state index in [2.05, 4.69) is 5.32 Å². The van der Waals surface area contributed by atoms with Gasteiger partial charge in [-0.15, -0.1) is 0 Å². The van der Waals surface area contributed by atoms with Gasteiger partial charge in [0.1, 0.15) is 0 Å². The number of amides is 1. The molecule has 0 saturated heterocycles. The maximum Gasteiger partial charge on any atom is 0.264 e. The quantitative estimate of drug-likeness (QED) is 0.361. The van der Waals surface area contributed by atoms with Crippen molar-refractivity contribution in [3.8, 4) is 0 Å². The van der Waals surface area contributed by atoms with Crippen molar-refractivity contribution in [3.05, 3.63) is 93.5 Å². The Morgan fingerprint density at radius 3 is 2.30 bits per heavy atom. The van der Waals surface area contributed by atoms with Gasteiger partial charge in [-0.25, -0.2) is 8.42 Å². The van der Waals surface area contributed by atoms with Crippen LogP contribution in [0, 0.1) is 6.92 Å². The van der Waals surface area contributed by atoms with Crippen LogP contribution in [0.3, 0.4) is 0 Å². The lowest BCUT2D eigenvalue weighted by molar-refractivity contribution is 0.0956. The van der Waals surface area contributed by atoms with Crippen LogP contribution < -0.4 is 9.62 Å². The van der Waals surface area contributed by atoms with Gasteiger partial charge in [-0.3, -0.25) is 9.10 Å². The van der Waals surface area contributed by atoms with Crippen LogP contribution >= 0.6 is 35.0 Å². The number of carbonyl (C=O) groups is 1. The predicted molar refractivity (Wildman–Crippen MR) is 138 cm³/mol. The molecule has 5 nitrogen and oxygen atoms in total. The zero-order chi connectivity index (χ0) is 24.0. The Bertz CT molecular complexity index is 1220. The van der Waals surface area contributed by atoms with E-state index in [9.17, 15) is 13.2 Å². The second-order valence-corrected chi connectivity index (χ2v) is 11.3. The topological polar surface area (TPSA) is 66.5 Å². The third kappa shape index (κ3) is 6.67. The van der Waals surface area contributed by atoms with Crippen molar-refractivity contribution in [2.45, 2.75) is 17.6 Å². The van der Waals surface area contributed by atoms with E-state index in [0.29, 0.717) is 27.8 Å². The van der Waals surface area contributed by atoms with Gasteiger partial charge in [-0.2, -0.15) is 11.8 Å². The lowest BCUT2D eigenvalue weighted by Crippen LogP contribution is -2.27. The SMILES string of the molecule is Cc1ccc(S(=O)(=O)N(C)c2ccc(C(=O)NCCSCc3ccc(Cl)cc3Cl)cc2)cc1. The van der Waals surface area contributed by atoms with Gasteiger partial charge in [0.2, 0.25) is 0 Å². The van der Waals surface area contributed by atoms with Crippen LogP contribution in [0.1, 0.15) is 21.5 Å². The molecule has 1 amide bonds. The zero-order valence-corrected chi connectivity index (χ0v) is 21.4. The van der Waals surface area contributed by atoms with Gasteiger partial charge >= 0.3 is 0 Å². The summed E-state index contributed by atoms with van der Waals surface area (Å²) in [6.45, 7) is 2.40. The molecule has 174 valence electrons. The van der Waals surface area contributed by atoms with E-state index < -0.39 is 10.0 Å². The zero-order valence-electron chi connectivity index (χ0n) is 18.2. The Labute approximate surface area is 209 Å². The Morgan fingerprint density at radius 2 is 1.67 bits per heavy atom. The average molecular weight is 524 g/mol. The number of halogens is 2. The first-order valence-electron chi connectivity index (χ1n) is 10.1. The van der Waals surface area contributed by atoms with Crippen LogP contribution in [0.5, 0.6) is 0 Å². The molecule has 0 aliphatic rings. The minimum atomic E-state index is -3.68. The summed E-state index contributed by atoms with van der Waals surface area (Å²) < 4.78 is 26.9. The van der Waals surface area contributed by atoms with Crippen molar-refractivity contribution in [2.24, 2.45) is 0 Å². The summed E-state index contributed by atoms with van der Waals surface area (Å²) in [6.07, 6.45) is 0. The number of hydrogen-bond acceptors (Lipinski definition) is 4. The van der Waals surface area contributed by atoms with E-state index in [1.54, 1.807) is 72.4 Å². The molecular weight excluding hydrogens is 499 g/mol. The van der Waals surface area contributed by atoms with Crippen molar-refractivity contribution in [3.63, 3.8) is 0 Å². The molecule has 3 rings (SSSR count). The summed E-state index contributed by atoms with van der Waals surface area (Å²) in [5.41, 5.74) is 2.92. The number of hydrogen-bond donors (Lipinski definition) is 1. The van der Waals surface area contributed by atoms with Gasteiger partial charge in [0.25, 0.3) is 15.9 Å². The molecule has 0 bridgehead atoms. The summed E-state index contributed by atoms with van der Waals surface area (Å²) in [5.74, 6) is 1.23. The molecule has 0 aliphatic heterocycles. The molecule has 0 aliphatic carbocycles. The lowest BCUT2D eigenvalue weighted by Gasteiger charge is -2.20. The molecule has 3 aromatic rings. The third-order valence-corrected chi connectivity index (χ3v) is 8.37. The number of rotatable bonds is 9. The van der Waals surface area contributed by atoms with Crippen molar-refractivity contribution < 1.29 is 13.2 Å². The van der Waals surface area contributed by atoms with Crippen molar-refractivity contribution in [1.82, 2.24) is 5.32 Å². The number of nitrogens with zero attached hydrogens (tertiary/aromatic N) is 1. The van der Waals surface area contributed by atoms with Crippen molar-refractivity contribution in [1.29, 1.82) is 0 Å². The molecule has 0 fully saturated rings. The van der Waals surface area contributed by atoms with Crippen LogP contribution in [-0.2, 0) is 15.8 Å². The van der Waals surface area contributed by atoms with E-state index in [1.807, 2.05) is 13.0 Å². The predicted octanol–water partition coefficient (Wildman–Crippen LogP) is 5.79. The molecule has 0 heterocycles. The van der Waals surface area contributed by atoms with Gasteiger partial charge in [-0.1, -0.05) is 47.0 Å².